The first-order valence-corrected chi connectivity index (χ1v) is 2.91. The molecule has 0 saturated carbocycles. The molecule has 0 fully saturated rings. The van der Waals surface area contributed by atoms with E-state index in [2.05, 4.69) is 12.6 Å². The Labute approximate surface area is 53.3 Å². The molecule has 0 aromatic carbocycles. The van der Waals surface area contributed by atoms with Gasteiger partial charge in [-0.3, -0.25) is 4.79 Å². The van der Waals surface area contributed by atoms with Crippen molar-refractivity contribution >= 4 is 18.6 Å². The van der Waals surface area contributed by atoms with Crippen molar-refractivity contribution in [1.82, 2.24) is 0 Å². The number of carboxylic acid groups (broad SMARTS) is 1. The van der Waals surface area contributed by atoms with Gasteiger partial charge in [0.1, 0.15) is 6.04 Å². The lowest BCUT2D eigenvalue weighted by atomic mass is 11.2. The molecule has 0 rings (SSSR count). The smallest absolute Gasteiger partial charge is 0.320 e. The third-order valence-corrected chi connectivity index (χ3v) is 1.02. The summed E-state index contributed by atoms with van der Waals surface area (Å²) in [4.78, 5) is 9.93. The summed E-state index contributed by atoms with van der Waals surface area (Å²) in [7, 11) is 0. The van der Waals surface area contributed by atoms with Crippen LogP contribution < -0.4 is 5.73 Å². The zero-order valence-corrected chi connectivity index (χ0v) is 5.27. The van der Waals surface area contributed by atoms with Gasteiger partial charge in [0, 0.05) is 0 Å². The molecule has 0 amide bonds. The molecule has 3 nitrogen and oxygen atoms in total. The van der Waals surface area contributed by atoms with Gasteiger partial charge in [0.2, 0.25) is 0 Å². The van der Waals surface area contributed by atoms with Gasteiger partial charge >= 0.3 is 5.97 Å². The van der Waals surface area contributed by atoms with Crippen LogP contribution in [0.3, 0.4) is 0 Å². The van der Waals surface area contributed by atoms with Crippen molar-refractivity contribution in [1.29, 1.82) is 0 Å². The maximum Gasteiger partial charge on any atom is 0.320 e. The van der Waals surface area contributed by atoms with E-state index in [4.69, 9.17) is 10.8 Å². The average molecular weight is 140 g/mol. The van der Waals surface area contributed by atoms with Crippen molar-refractivity contribution in [3.63, 3.8) is 0 Å². The molecule has 0 heterocycles. The van der Waals surface area contributed by atoms with Crippen LogP contribution in [0.15, 0.2) is 0 Å². The van der Waals surface area contributed by atoms with Crippen molar-refractivity contribution in [2.75, 3.05) is 5.75 Å². The van der Waals surface area contributed by atoms with Crippen molar-refractivity contribution in [3.8, 4) is 0 Å². The molecule has 48 valence electrons. The van der Waals surface area contributed by atoms with E-state index in [9.17, 15) is 4.79 Å². The molecule has 0 aliphatic rings. The minimum atomic E-state index is -0.959. The summed E-state index contributed by atoms with van der Waals surface area (Å²) in [6, 6.07) is -0.743. The molecule has 4 heteroatoms. The highest BCUT2D eigenvalue weighted by atomic mass is 32.1. The second-order valence-electron chi connectivity index (χ2n) is 1.46. The first-order chi connectivity index (χ1) is 3.68. The largest absolute Gasteiger partial charge is 0.480 e. The summed E-state index contributed by atoms with van der Waals surface area (Å²) >= 11 is 3.81. The Balaban J connectivity index is 3.32. The van der Waals surface area contributed by atoms with E-state index in [1.54, 1.807) is 0 Å². The summed E-state index contributed by atoms with van der Waals surface area (Å²) < 4.78 is 0. The Kier molecular flexibility index (Phi) is 3.64. The SMILES string of the molecule is [15NH2][13C@@H]([13CH2][13CH2]S)[13C](=O)O. The van der Waals surface area contributed by atoms with Crippen molar-refractivity contribution in [2.24, 2.45) is 5.73 Å². The van der Waals surface area contributed by atoms with Gasteiger partial charge in [-0.2, -0.15) is 12.6 Å². The van der Waals surface area contributed by atoms with Gasteiger partial charge in [-0.1, -0.05) is 0 Å². The summed E-state index contributed by atoms with van der Waals surface area (Å²) in [6.45, 7) is 0. The predicted octanol–water partition coefficient (Wildman–Crippen LogP) is -0.282. The van der Waals surface area contributed by atoms with Crippen LogP contribution in [-0.4, -0.2) is 22.9 Å². The van der Waals surface area contributed by atoms with E-state index in [0.717, 1.165) is 0 Å². The lowest BCUT2D eigenvalue weighted by Gasteiger charge is -2.00. The van der Waals surface area contributed by atoms with Crippen LogP contribution in [0.25, 0.3) is 0 Å². The van der Waals surface area contributed by atoms with Gasteiger partial charge in [-0.05, 0) is 12.2 Å². The lowest BCUT2D eigenvalue weighted by molar-refractivity contribution is -0.138. The molecular formula is C4H9NO2S. The monoisotopic (exact) mass is 140 g/mol. The molecule has 0 aliphatic carbocycles. The molecule has 0 aromatic rings. The van der Waals surface area contributed by atoms with Gasteiger partial charge in [-0.15, -0.1) is 0 Å². The van der Waals surface area contributed by atoms with Crippen LogP contribution in [0, 0.1) is 0 Å². The zero-order chi connectivity index (χ0) is 6.57. The quantitative estimate of drug-likeness (QED) is 0.287. The third kappa shape index (κ3) is 2.87. The third-order valence-electron chi connectivity index (χ3n) is 0.757. The Morgan fingerprint density at radius 3 is 2.50 bits per heavy atom. The van der Waals surface area contributed by atoms with E-state index in [1.165, 1.54) is 0 Å². The molecular weight excluding hydrogens is 131 g/mol. The van der Waals surface area contributed by atoms with E-state index in [1.807, 2.05) is 0 Å². The predicted molar refractivity (Wildman–Crippen MR) is 34.1 cm³/mol. The second-order valence-corrected chi connectivity index (χ2v) is 1.90. The molecule has 1 atom stereocenters. The number of nitrogens with two attached hydrogens (primary N) is 1. The Bertz CT molecular complexity index is 86.1. The first-order valence-electron chi connectivity index (χ1n) is 2.27. The molecule has 3 N–H and O–H groups in total. The summed E-state index contributed by atoms with van der Waals surface area (Å²) in [5.41, 5.74) is 5.08. The number of thiol groups is 1. The molecule has 8 heavy (non-hydrogen) atoms. The minimum absolute atomic E-state index is 0.429. The maximum atomic E-state index is 9.93. The van der Waals surface area contributed by atoms with Crippen LogP contribution in [0.5, 0.6) is 0 Å². The van der Waals surface area contributed by atoms with E-state index in [-0.39, 0.29) is 0 Å². The Hall–Kier alpha value is -0.220. The molecule has 0 unspecified atom stereocenters. The summed E-state index contributed by atoms with van der Waals surface area (Å²) in [5, 5.41) is 8.15. The van der Waals surface area contributed by atoms with Gasteiger partial charge in [0.25, 0.3) is 0 Å². The van der Waals surface area contributed by atoms with Crippen molar-refractivity contribution in [2.45, 2.75) is 12.5 Å². The second kappa shape index (κ2) is 3.74. The Morgan fingerprint density at radius 2 is 2.38 bits per heavy atom. The van der Waals surface area contributed by atoms with E-state index in [0.29, 0.717) is 12.2 Å². The summed E-state index contributed by atoms with van der Waals surface area (Å²) in [5.74, 6) is -0.438. The number of rotatable bonds is 3. The maximum absolute atomic E-state index is 9.93. The van der Waals surface area contributed by atoms with Crippen LogP contribution in [0.4, 0.5) is 0 Å². The van der Waals surface area contributed by atoms with Crippen LogP contribution in [0.1, 0.15) is 6.42 Å². The van der Waals surface area contributed by atoms with Gasteiger partial charge in [-0.25, -0.2) is 0 Å². The minimum Gasteiger partial charge on any atom is -0.480 e. The van der Waals surface area contributed by atoms with Gasteiger partial charge in [0.05, 0.1) is 0 Å². The number of carboxylic acids is 1. The highest BCUT2D eigenvalue weighted by Gasteiger charge is 2.08. The molecule has 0 spiro atoms. The van der Waals surface area contributed by atoms with Crippen molar-refractivity contribution in [3.05, 3.63) is 0 Å². The number of hydrogen-bond donors (Lipinski definition) is 3. The number of aliphatic carboxylic acids is 1. The summed E-state index contributed by atoms with van der Waals surface area (Å²) in [6.07, 6.45) is 0.429. The van der Waals surface area contributed by atoms with Crippen LogP contribution in [0.2, 0.25) is 0 Å². The fourth-order valence-corrected chi connectivity index (χ4v) is 0.541. The fourth-order valence-electron chi connectivity index (χ4n) is 0.263. The Morgan fingerprint density at radius 1 is 1.88 bits per heavy atom. The molecule has 0 saturated heterocycles. The topological polar surface area (TPSA) is 63.3 Å². The highest BCUT2D eigenvalue weighted by molar-refractivity contribution is 7.80. The molecule has 0 aliphatic heterocycles. The lowest BCUT2D eigenvalue weighted by Crippen LogP contribution is -2.30. The van der Waals surface area contributed by atoms with Crippen LogP contribution in [-0.2, 0) is 4.79 Å². The van der Waals surface area contributed by atoms with E-state index >= 15 is 0 Å². The van der Waals surface area contributed by atoms with Gasteiger partial charge in [0.15, 0.2) is 0 Å². The number of hydrogen-bond acceptors (Lipinski definition) is 3. The van der Waals surface area contributed by atoms with E-state index < -0.39 is 12.0 Å². The number of carbonyl (C=O) groups is 1. The average Bonchev–Trinajstić information content (AvgIpc) is 1.67. The molecule has 0 radical (unpaired) electrons. The molecule has 0 bridgehead atoms. The standard InChI is InChI=1S/C4H9NO2S/c5-3(1-2-8)4(6)7/h3,8H,1-2,5H2,(H,6,7)/t3-/m0/s1/i1+1,2+1,3+1,4+1,5+1. The normalized spacial score (nSPS) is 13.2. The highest BCUT2D eigenvalue weighted by Crippen LogP contribution is 1.88. The zero-order valence-electron chi connectivity index (χ0n) is 4.37. The van der Waals surface area contributed by atoms with Crippen molar-refractivity contribution < 1.29 is 9.90 Å². The first kappa shape index (κ1) is 7.78. The van der Waals surface area contributed by atoms with Gasteiger partial charge < -0.3 is 10.8 Å². The molecule has 0 aromatic heterocycles. The van der Waals surface area contributed by atoms with Crippen LogP contribution >= 0.6 is 12.6 Å². The fraction of sp³-hybridized carbons (Fsp3) is 0.750.